The first kappa shape index (κ1) is 29.4. The second-order valence-corrected chi connectivity index (χ2v) is 14.7. The molecule has 8 heteroatoms. The SMILES string of the molecule is [2H]C([2H])([2H])n1c2ccccc2c2cc3c4ccccc4n(C([2H])([2H])[2H])c3c(N3[CH-]N(c4[c-]c(Oc5[c-]c6c(cc5)c5ccccc5n6-c5cc(C)ccn5)ccc4)c4ccccc43)c21.[Pt]. The summed E-state index contributed by atoms with van der Waals surface area (Å²) < 4.78 is 64.8. The van der Waals surface area contributed by atoms with E-state index in [2.05, 4.69) is 34.9 Å². The van der Waals surface area contributed by atoms with E-state index in [1.165, 1.54) is 9.13 Å². The first-order valence-electron chi connectivity index (χ1n) is 22.1. The molecule has 1 aliphatic heterocycles. The maximum Gasteiger partial charge on any atom is 0.135 e. The summed E-state index contributed by atoms with van der Waals surface area (Å²) in [6.45, 7) is -1.32. The molecule has 0 atom stereocenters. The summed E-state index contributed by atoms with van der Waals surface area (Å²) in [6, 6.07) is 53.4. The van der Waals surface area contributed by atoms with Crippen molar-refractivity contribution < 1.29 is 34.0 Å². The van der Waals surface area contributed by atoms with E-state index >= 15 is 0 Å². The molecule has 1 aliphatic rings. The van der Waals surface area contributed by atoms with Crippen molar-refractivity contribution in [2.24, 2.45) is 14.0 Å². The van der Waals surface area contributed by atoms with Crippen LogP contribution in [0, 0.1) is 25.7 Å². The van der Waals surface area contributed by atoms with Gasteiger partial charge in [0.15, 0.2) is 0 Å². The number of aryl methyl sites for hydroxylation is 3. The number of benzene rings is 7. The average Bonchev–Trinajstić information content (AvgIpc) is 4.02. The molecular weight excluding hydrogens is 908 g/mol. The molecule has 0 N–H and O–H groups in total. The summed E-state index contributed by atoms with van der Waals surface area (Å²) in [5.74, 6) is 1.73. The average molecular weight is 949 g/mol. The number of fused-ring (bicyclic) bond motifs is 10. The van der Waals surface area contributed by atoms with Crippen molar-refractivity contribution in [3.63, 3.8) is 0 Å². The molecule has 11 aromatic rings. The van der Waals surface area contributed by atoms with Gasteiger partial charge in [-0.15, -0.1) is 48.1 Å². The maximum atomic E-state index is 8.90. The summed E-state index contributed by atoms with van der Waals surface area (Å²) in [6.07, 6.45) is 1.81. The molecule has 5 heterocycles. The zero-order valence-corrected chi connectivity index (χ0v) is 33.7. The Morgan fingerprint density at radius 3 is 1.86 bits per heavy atom. The van der Waals surface area contributed by atoms with Gasteiger partial charge in [0.1, 0.15) is 5.82 Å². The van der Waals surface area contributed by atoms with E-state index in [1.807, 2.05) is 145 Å². The van der Waals surface area contributed by atoms with Crippen LogP contribution in [0.15, 0.2) is 152 Å². The van der Waals surface area contributed by atoms with Gasteiger partial charge in [-0.25, -0.2) is 4.98 Å². The summed E-state index contributed by atoms with van der Waals surface area (Å²) in [5.41, 5.74) is 7.31. The number of para-hydroxylation sites is 5. The molecule has 12 rings (SSSR count). The molecule has 288 valence electrons. The topological polar surface area (TPSA) is 43.4 Å². The Bertz CT molecular complexity index is 3610. The van der Waals surface area contributed by atoms with Crippen LogP contribution < -0.4 is 14.5 Å². The van der Waals surface area contributed by atoms with Crippen LogP contribution in [-0.2, 0) is 35.0 Å². The number of hydrogen-bond donors (Lipinski definition) is 0. The van der Waals surface area contributed by atoms with E-state index in [0.29, 0.717) is 55.7 Å². The molecule has 0 spiro atoms. The third-order valence-corrected chi connectivity index (χ3v) is 11.4. The first-order chi connectivity index (χ1) is 30.9. The van der Waals surface area contributed by atoms with Crippen molar-refractivity contribution in [1.82, 2.24) is 18.7 Å². The Kier molecular flexibility index (Phi) is 6.66. The standard InChI is InChI=1S/C51H35N6O.Pt/c1-32-25-26-52-48(27-32)57-44-20-9-6-15-36(44)39-24-23-35(29-47(39)57)58-34-14-12-13-33(28-34)55-31-56(46-22-11-10-21-45(46)55)51-49-40(37-16-4-7-18-42(37)53(49)2)30-41-38-17-5-8-19-43(38)54(3)50(41)51;/h4-27,30-31H,1-3H3;/q-3;/i2D3,3D3;. The Balaban J connectivity index is 0.00000469. The van der Waals surface area contributed by atoms with Crippen LogP contribution in [0.25, 0.3) is 71.2 Å². The fraction of sp³-hybridized carbons (Fsp3) is 0.0588. The van der Waals surface area contributed by atoms with Crippen molar-refractivity contribution in [1.29, 1.82) is 0 Å². The van der Waals surface area contributed by atoms with Crippen molar-refractivity contribution >= 4 is 88.2 Å². The largest absolute Gasteiger partial charge is 0.509 e. The van der Waals surface area contributed by atoms with Crippen molar-refractivity contribution in [2.45, 2.75) is 6.92 Å². The second kappa shape index (κ2) is 13.4. The van der Waals surface area contributed by atoms with Gasteiger partial charge >= 0.3 is 0 Å². The number of nitrogens with zero attached hydrogens (tertiary/aromatic N) is 6. The van der Waals surface area contributed by atoms with E-state index in [9.17, 15) is 0 Å². The predicted molar refractivity (Wildman–Crippen MR) is 237 cm³/mol. The normalized spacial score (nSPS) is 14.7. The van der Waals surface area contributed by atoms with Gasteiger partial charge in [-0.2, -0.15) is 12.1 Å². The zero-order chi connectivity index (χ0) is 43.6. The quantitative estimate of drug-likeness (QED) is 0.161. The Morgan fingerprint density at radius 1 is 0.576 bits per heavy atom. The van der Waals surface area contributed by atoms with Crippen LogP contribution in [0.3, 0.4) is 0 Å². The molecule has 4 aromatic heterocycles. The minimum absolute atomic E-state index is 0. The van der Waals surface area contributed by atoms with Gasteiger partial charge in [0.05, 0.1) is 16.7 Å². The number of hydrogen-bond acceptors (Lipinski definition) is 4. The van der Waals surface area contributed by atoms with Crippen molar-refractivity contribution in [3.05, 3.63) is 176 Å². The van der Waals surface area contributed by atoms with Gasteiger partial charge < -0.3 is 28.2 Å². The third kappa shape index (κ3) is 5.21. The van der Waals surface area contributed by atoms with Crippen LogP contribution in [0.5, 0.6) is 11.5 Å². The smallest absolute Gasteiger partial charge is 0.135 e. The molecule has 0 saturated heterocycles. The number of ether oxygens (including phenoxy) is 1. The van der Waals surface area contributed by atoms with Crippen LogP contribution in [-0.4, -0.2) is 18.7 Å². The molecule has 0 saturated carbocycles. The predicted octanol–water partition coefficient (Wildman–Crippen LogP) is 12.6. The molecule has 0 aliphatic carbocycles. The third-order valence-electron chi connectivity index (χ3n) is 11.4. The summed E-state index contributed by atoms with van der Waals surface area (Å²) >= 11 is 0. The molecule has 0 amide bonds. The second-order valence-electron chi connectivity index (χ2n) is 14.7. The summed E-state index contributed by atoms with van der Waals surface area (Å²) in [7, 11) is 0. The number of aromatic nitrogens is 4. The van der Waals surface area contributed by atoms with Crippen LogP contribution in [0.1, 0.15) is 13.8 Å². The molecule has 0 unspecified atom stereocenters. The summed E-state index contributed by atoms with van der Waals surface area (Å²) in [4.78, 5) is 8.60. The number of pyridine rings is 1. The zero-order valence-electron chi connectivity index (χ0n) is 37.4. The Morgan fingerprint density at radius 2 is 1.19 bits per heavy atom. The van der Waals surface area contributed by atoms with E-state index < -0.39 is 14.0 Å². The maximum absolute atomic E-state index is 8.90. The fourth-order valence-electron chi connectivity index (χ4n) is 8.82. The minimum Gasteiger partial charge on any atom is -0.509 e. The van der Waals surface area contributed by atoms with E-state index in [0.717, 1.165) is 55.3 Å². The molecule has 0 fully saturated rings. The monoisotopic (exact) mass is 948 g/mol. The van der Waals surface area contributed by atoms with Crippen LogP contribution in [0.4, 0.5) is 22.7 Å². The molecule has 0 radical (unpaired) electrons. The van der Waals surface area contributed by atoms with E-state index in [4.69, 9.17) is 17.9 Å². The van der Waals surface area contributed by atoms with Gasteiger partial charge in [0.25, 0.3) is 0 Å². The van der Waals surface area contributed by atoms with Gasteiger partial charge in [-0.05, 0) is 66.4 Å². The van der Waals surface area contributed by atoms with Crippen molar-refractivity contribution in [2.75, 3.05) is 9.80 Å². The summed E-state index contributed by atoms with van der Waals surface area (Å²) in [5, 5.41) is 4.98. The van der Waals surface area contributed by atoms with Gasteiger partial charge in [-0.3, -0.25) is 0 Å². The fourth-order valence-corrected chi connectivity index (χ4v) is 8.82. The van der Waals surface area contributed by atoms with Crippen LogP contribution in [0.2, 0.25) is 0 Å². The molecule has 7 aromatic carbocycles. The number of rotatable bonds is 5. The van der Waals surface area contributed by atoms with Gasteiger partial charge in [-0.1, -0.05) is 72.2 Å². The molecule has 59 heavy (non-hydrogen) atoms. The van der Waals surface area contributed by atoms with E-state index in [1.54, 1.807) is 12.1 Å². The first-order valence-corrected chi connectivity index (χ1v) is 19.1. The van der Waals surface area contributed by atoms with E-state index in [-0.39, 0.29) is 21.1 Å². The van der Waals surface area contributed by atoms with Gasteiger partial charge in [0.2, 0.25) is 0 Å². The molecular formula is C51H35N6OPt-3. The minimum atomic E-state index is -2.62. The Hall–Kier alpha value is -6.82. The molecule has 0 bridgehead atoms. The van der Waals surface area contributed by atoms with Gasteiger partial charge in [0, 0.05) is 110 Å². The number of anilines is 4. The Labute approximate surface area is 363 Å². The van der Waals surface area contributed by atoms with Crippen molar-refractivity contribution in [3.8, 4) is 17.3 Å². The molecule has 7 nitrogen and oxygen atoms in total. The van der Waals surface area contributed by atoms with Crippen LogP contribution >= 0.6 is 0 Å².